The van der Waals surface area contributed by atoms with Gasteiger partial charge in [-0.05, 0) is 44.9 Å². The molecule has 0 aliphatic carbocycles. The van der Waals surface area contributed by atoms with Crippen LogP contribution in [0.2, 0.25) is 0 Å². The first kappa shape index (κ1) is 17.2. The molecule has 0 aromatic heterocycles. The molecule has 0 bridgehead atoms. The van der Waals surface area contributed by atoms with Gasteiger partial charge in [0.25, 0.3) is 0 Å². The van der Waals surface area contributed by atoms with Crippen LogP contribution in [-0.4, -0.2) is 40.8 Å². The number of carboxylic acid groups (broad SMARTS) is 1. The molecule has 6 heteroatoms. The molecule has 1 N–H and O–H groups in total. The lowest BCUT2D eigenvalue weighted by molar-refractivity contribution is -0.144. The van der Waals surface area contributed by atoms with Gasteiger partial charge in [-0.2, -0.15) is 0 Å². The third kappa shape index (κ3) is 4.43. The molecular formula is C17H22FNO4. The van der Waals surface area contributed by atoms with Crippen LogP contribution in [0.4, 0.5) is 9.18 Å². The smallest absolute Gasteiger partial charge is 0.410 e. The van der Waals surface area contributed by atoms with Crippen LogP contribution >= 0.6 is 0 Å². The molecule has 1 aliphatic heterocycles. The highest BCUT2D eigenvalue weighted by molar-refractivity contribution is 5.74. The molecule has 1 heterocycles. The molecule has 1 unspecified atom stereocenters. The highest BCUT2D eigenvalue weighted by atomic mass is 19.1. The summed E-state index contributed by atoms with van der Waals surface area (Å²) in [6.45, 7) is 5.81. The Kier molecular flexibility index (Phi) is 4.92. The van der Waals surface area contributed by atoms with Crippen molar-refractivity contribution in [2.24, 2.45) is 5.92 Å². The number of rotatable bonds is 2. The molecule has 126 valence electrons. The second kappa shape index (κ2) is 6.56. The Hall–Kier alpha value is -2.11. The summed E-state index contributed by atoms with van der Waals surface area (Å²) in [5.74, 6) is -2.30. The van der Waals surface area contributed by atoms with Crippen molar-refractivity contribution in [1.82, 2.24) is 4.90 Å². The second-order valence-electron chi connectivity index (χ2n) is 6.82. The van der Waals surface area contributed by atoms with E-state index in [1.165, 1.54) is 17.0 Å². The van der Waals surface area contributed by atoms with Gasteiger partial charge in [-0.25, -0.2) is 9.18 Å². The summed E-state index contributed by atoms with van der Waals surface area (Å²) < 4.78 is 18.4. The number of carbonyl (C=O) groups excluding carboxylic acids is 1. The first-order chi connectivity index (χ1) is 10.7. The van der Waals surface area contributed by atoms with Gasteiger partial charge in [0, 0.05) is 19.0 Å². The topological polar surface area (TPSA) is 66.8 Å². The average molecular weight is 323 g/mol. The van der Waals surface area contributed by atoms with Gasteiger partial charge in [0.1, 0.15) is 11.4 Å². The van der Waals surface area contributed by atoms with Crippen molar-refractivity contribution in [3.8, 4) is 0 Å². The fourth-order valence-electron chi connectivity index (χ4n) is 2.80. The first-order valence-electron chi connectivity index (χ1n) is 7.63. The zero-order valence-electron chi connectivity index (χ0n) is 13.6. The van der Waals surface area contributed by atoms with E-state index in [-0.39, 0.29) is 18.3 Å². The standard InChI is InChI=1S/C17H22FNO4/c1-17(2,3)23-16(22)19-9-8-13(14(10-19)15(20)21)11-4-6-12(18)7-5-11/h4-7,13-14H,8-10H2,1-3H3,(H,20,21)/t13?,14-/m0/s1. The van der Waals surface area contributed by atoms with Crippen molar-refractivity contribution in [1.29, 1.82) is 0 Å². The lowest BCUT2D eigenvalue weighted by Gasteiger charge is -2.37. The van der Waals surface area contributed by atoms with Gasteiger partial charge in [0.05, 0.1) is 5.92 Å². The SMILES string of the molecule is CC(C)(C)OC(=O)N1CCC(c2ccc(F)cc2)[C@@H](C(=O)O)C1. The largest absolute Gasteiger partial charge is 0.481 e. The van der Waals surface area contributed by atoms with Crippen LogP contribution in [0.25, 0.3) is 0 Å². The maximum Gasteiger partial charge on any atom is 0.410 e. The van der Waals surface area contributed by atoms with Gasteiger partial charge in [0.15, 0.2) is 0 Å². The number of ether oxygens (including phenoxy) is 1. The summed E-state index contributed by atoms with van der Waals surface area (Å²) >= 11 is 0. The number of carboxylic acids is 1. The van der Waals surface area contributed by atoms with Crippen LogP contribution in [-0.2, 0) is 9.53 Å². The Balaban J connectivity index is 2.13. The molecule has 1 fully saturated rings. The second-order valence-corrected chi connectivity index (χ2v) is 6.82. The number of aliphatic carboxylic acids is 1. The Morgan fingerprint density at radius 1 is 1.26 bits per heavy atom. The van der Waals surface area contributed by atoms with Crippen molar-refractivity contribution < 1.29 is 23.8 Å². The number of piperidine rings is 1. The van der Waals surface area contributed by atoms with Crippen LogP contribution in [0.5, 0.6) is 0 Å². The maximum absolute atomic E-state index is 13.0. The first-order valence-corrected chi connectivity index (χ1v) is 7.63. The molecule has 1 amide bonds. The average Bonchev–Trinajstić information content (AvgIpc) is 2.45. The highest BCUT2D eigenvalue weighted by Crippen LogP contribution is 2.34. The number of nitrogens with zero attached hydrogens (tertiary/aromatic N) is 1. The quantitative estimate of drug-likeness (QED) is 0.907. The Bertz CT molecular complexity index is 579. The number of benzene rings is 1. The van der Waals surface area contributed by atoms with E-state index in [9.17, 15) is 19.1 Å². The maximum atomic E-state index is 13.0. The van der Waals surface area contributed by atoms with Crippen molar-refractivity contribution >= 4 is 12.1 Å². The van der Waals surface area contributed by atoms with E-state index in [0.29, 0.717) is 13.0 Å². The molecule has 0 radical (unpaired) electrons. The van der Waals surface area contributed by atoms with Crippen LogP contribution < -0.4 is 0 Å². The molecule has 1 aromatic carbocycles. The molecule has 0 saturated carbocycles. The molecule has 2 atom stereocenters. The summed E-state index contributed by atoms with van der Waals surface area (Å²) in [6, 6.07) is 5.88. The van der Waals surface area contributed by atoms with Crippen molar-refractivity contribution in [3.63, 3.8) is 0 Å². The van der Waals surface area contributed by atoms with E-state index in [0.717, 1.165) is 5.56 Å². The molecule has 2 rings (SSSR count). The highest BCUT2D eigenvalue weighted by Gasteiger charge is 2.38. The Morgan fingerprint density at radius 3 is 2.39 bits per heavy atom. The number of hydrogen-bond acceptors (Lipinski definition) is 3. The predicted molar refractivity (Wildman–Crippen MR) is 82.7 cm³/mol. The Labute approximate surface area is 135 Å². The van der Waals surface area contributed by atoms with Crippen LogP contribution in [0.15, 0.2) is 24.3 Å². The third-order valence-corrected chi connectivity index (χ3v) is 3.88. The number of halogens is 1. The van der Waals surface area contributed by atoms with Gasteiger partial charge in [-0.15, -0.1) is 0 Å². The van der Waals surface area contributed by atoms with E-state index in [1.807, 2.05) is 0 Å². The van der Waals surface area contributed by atoms with Crippen molar-refractivity contribution in [2.75, 3.05) is 13.1 Å². The van der Waals surface area contributed by atoms with Crippen LogP contribution in [0.1, 0.15) is 38.7 Å². The normalized spacial score (nSPS) is 21.8. The minimum absolute atomic E-state index is 0.0896. The fourth-order valence-corrected chi connectivity index (χ4v) is 2.80. The van der Waals surface area contributed by atoms with Crippen molar-refractivity contribution in [2.45, 2.75) is 38.7 Å². The van der Waals surface area contributed by atoms with Gasteiger partial charge in [-0.3, -0.25) is 4.79 Å². The number of carbonyl (C=O) groups is 2. The van der Waals surface area contributed by atoms with Gasteiger partial charge >= 0.3 is 12.1 Å². The van der Waals surface area contributed by atoms with Gasteiger partial charge in [-0.1, -0.05) is 12.1 Å². The lowest BCUT2D eigenvalue weighted by atomic mass is 9.80. The lowest BCUT2D eigenvalue weighted by Crippen LogP contribution is -2.47. The number of likely N-dealkylation sites (tertiary alicyclic amines) is 1. The van der Waals surface area contributed by atoms with Gasteiger partial charge in [0.2, 0.25) is 0 Å². The summed E-state index contributed by atoms with van der Waals surface area (Å²) in [7, 11) is 0. The summed E-state index contributed by atoms with van der Waals surface area (Å²) in [5, 5.41) is 9.50. The minimum atomic E-state index is -0.965. The number of hydrogen-bond donors (Lipinski definition) is 1. The summed E-state index contributed by atoms with van der Waals surface area (Å²) in [4.78, 5) is 25.2. The molecule has 1 aliphatic rings. The molecule has 1 aromatic rings. The van der Waals surface area contributed by atoms with Gasteiger partial charge < -0.3 is 14.7 Å². The zero-order valence-corrected chi connectivity index (χ0v) is 13.6. The molecule has 1 saturated heterocycles. The zero-order chi connectivity index (χ0) is 17.2. The summed E-state index contributed by atoms with van der Waals surface area (Å²) in [6.07, 6.45) is 0.00304. The monoisotopic (exact) mass is 323 g/mol. The molecule has 23 heavy (non-hydrogen) atoms. The number of amides is 1. The Morgan fingerprint density at radius 2 is 1.87 bits per heavy atom. The molecular weight excluding hydrogens is 301 g/mol. The molecule has 0 spiro atoms. The summed E-state index contributed by atoms with van der Waals surface area (Å²) in [5.41, 5.74) is 0.159. The van der Waals surface area contributed by atoms with E-state index in [2.05, 4.69) is 0 Å². The molecule has 5 nitrogen and oxygen atoms in total. The van der Waals surface area contributed by atoms with E-state index in [1.54, 1.807) is 32.9 Å². The van der Waals surface area contributed by atoms with Crippen molar-refractivity contribution in [3.05, 3.63) is 35.6 Å². The van der Waals surface area contributed by atoms with Crippen LogP contribution in [0, 0.1) is 11.7 Å². The fraction of sp³-hybridized carbons (Fsp3) is 0.529. The minimum Gasteiger partial charge on any atom is -0.481 e. The van der Waals surface area contributed by atoms with Crippen LogP contribution in [0.3, 0.4) is 0 Å². The predicted octanol–water partition coefficient (Wildman–Crippen LogP) is 3.25. The third-order valence-electron chi connectivity index (χ3n) is 3.88. The van der Waals surface area contributed by atoms with E-state index >= 15 is 0 Å². The van der Waals surface area contributed by atoms with E-state index < -0.39 is 23.6 Å². The van der Waals surface area contributed by atoms with E-state index in [4.69, 9.17) is 4.74 Å².